The Kier molecular flexibility index (Phi) is 14.0. The van der Waals surface area contributed by atoms with Gasteiger partial charge in [-0.1, -0.05) is 6.08 Å². The minimum Gasteiger partial charge on any atom is -0.394 e. The van der Waals surface area contributed by atoms with Crippen LogP contribution in [0.5, 0.6) is 0 Å². The molecule has 3 heterocycles. The number of hydrogen-bond donors (Lipinski definition) is 3. The molecular formula is C14H28O7. The van der Waals surface area contributed by atoms with E-state index >= 15 is 0 Å². The van der Waals surface area contributed by atoms with Crippen molar-refractivity contribution in [1.29, 1.82) is 0 Å². The lowest BCUT2D eigenvalue weighted by atomic mass is 10.4. The lowest BCUT2D eigenvalue weighted by Gasteiger charge is -1.96. The first-order valence-corrected chi connectivity index (χ1v) is 7.03. The number of epoxide rings is 3. The van der Waals surface area contributed by atoms with Crippen molar-refractivity contribution in [2.24, 2.45) is 0 Å². The summed E-state index contributed by atoms with van der Waals surface area (Å²) in [7, 11) is 0. The van der Waals surface area contributed by atoms with Gasteiger partial charge in [0.1, 0.15) is 12.2 Å². The molecule has 3 rings (SSSR count). The summed E-state index contributed by atoms with van der Waals surface area (Å²) in [6.45, 7) is 10.1. The predicted octanol–water partition coefficient (Wildman–Crippen LogP) is -0.659. The fraction of sp³-hybridized carbons (Fsp3) is 0.857. The van der Waals surface area contributed by atoms with E-state index in [4.69, 9.17) is 29.5 Å². The van der Waals surface area contributed by atoms with E-state index in [9.17, 15) is 0 Å². The number of hydrogen-bond acceptors (Lipinski definition) is 7. The maximum atomic E-state index is 8.17. The van der Waals surface area contributed by atoms with Crippen LogP contribution < -0.4 is 0 Å². The van der Waals surface area contributed by atoms with Crippen molar-refractivity contribution in [2.45, 2.75) is 25.2 Å². The average Bonchev–Trinajstić information content (AvgIpc) is 3.32. The van der Waals surface area contributed by atoms with Crippen molar-refractivity contribution in [3.05, 3.63) is 12.7 Å². The maximum absolute atomic E-state index is 8.17. The summed E-state index contributed by atoms with van der Waals surface area (Å²) in [5, 5.41) is 24.0. The molecule has 21 heavy (non-hydrogen) atoms. The van der Waals surface area contributed by atoms with Gasteiger partial charge >= 0.3 is 0 Å². The predicted molar refractivity (Wildman–Crippen MR) is 77.2 cm³/mol. The van der Waals surface area contributed by atoms with Gasteiger partial charge in [0.25, 0.3) is 0 Å². The standard InChI is InChI=1S/C6H10O2.C3H8O3.C3H6O.C2H4O/c1-2-3-7-4-6-5-8-6;4-1-3(6)2-5;1-3-2-4-3;1-2-3-1/h2,6H,1,3-5H2;3-6H,1-2H2;3H,2H2,1H3;1-2H2. The van der Waals surface area contributed by atoms with Crippen LogP contribution in [0, 0.1) is 0 Å². The molecule has 0 aromatic heterocycles. The first kappa shape index (κ1) is 20.5. The zero-order valence-electron chi connectivity index (χ0n) is 12.6. The van der Waals surface area contributed by atoms with E-state index < -0.39 is 6.10 Å². The van der Waals surface area contributed by atoms with Crippen molar-refractivity contribution in [3.8, 4) is 0 Å². The van der Waals surface area contributed by atoms with E-state index in [2.05, 4.69) is 18.2 Å². The fourth-order valence-electron chi connectivity index (χ4n) is 0.601. The molecular weight excluding hydrogens is 280 g/mol. The molecule has 7 nitrogen and oxygen atoms in total. The van der Waals surface area contributed by atoms with Crippen molar-refractivity contribution in [1.82, 2.24) is 0 Å². The highest BCUT2D eigenvalue weighted by atomic mass is 16.6. The lowest BCUT2D eigenvalue weighted by molar-refractivity contribution is 0.0450. The smallest absolute Gasteiger partial charge is 0.104 e. The summed E-state index contributed by atoms with van der Waals surface area (Å²) in [6, 6.07) is 0. The second-order valence-corrected chi connectivity index (χ2v) is 4.56. The second kappa shape index (κ2) is 14.4. The molecule has 0 radical (unpaired) electrons. The zero-order chi connectivity index (χ0) is 15.9. The average molecular weight is 308 g/mol. The summed E-state index contributed by atoms with van der Waals surface area (Å²) in [5.74, 6) is 0. The molecule has 0 aromatic rings. The first-order valence-electron chi connectivity index (χ1n) is 7.03. The Morgan fingerprint density at radius 3 is 1.90 bits per heavy atom. The van der Waals surface area contributed by atoms with E-state index in [1.165, 1.54) is 0 Å². The van der Waals surface area contributed by atoms with E-state index in [0.29, 0.717) is 18.8 Å². The Morgan fingerprint density at radius 2 is 1.71 bits per heavy atom. The molecule has 2 atom stereocenters. The minimum atomic E-state index is -0.954. The quantitative estimate of drug-likeness (QED) is 0.340. The SMILES string of the molecule is C1CO1.C=CCOCC1CO1.CC1CO1.OCC(O)CO. The molecule has 3 saturated heterocycles. The number of ether oxygens (including phenoxy) is 4. The van der Waals surface area contributed by atoms with Crippen LogP contribution in [0.1, 0.15) is 6.92 Å². The highest BCUT2D eigenvalue weighted by Gasteiger charge is 2.21. The van der Waals surface area contributed by atoms with Crippen LogP contribution in [0.15, 0.2) is 12.7 Å². The van der Waals surface area contributed by atoms with Gasteiger partial charge in [0.05, 0.1) is 59.0 Å². The van der Waals surface area contributed by atoms with E-state index in [1.807, 2.05) is 0 Å². The van der Waals surface area contributed by atoms with E-state index in [-0.39, 0.29) is 13.2 Å². The number of aliphatic hydroxyl groups excluding tert-OH is 3. The molecule has 0 saturated carbocycles. The highest BCUT2D eigenvalue weighted by molar-refractivity contribution is 4.70. The summed E-state index contributed by atoms with van der Waals surface area (Å²) in [5.41, 5.74) is 0. The Labute approximate surface area is 126 Å². The number of rotatable bonds is 6. The van der Waals surface area contributed by atoms with Gasteiger partial charge in [-0.2, -0.15) is 0 Å². The van der Waals surface area contributed by atoms with Crippen LogP contribution in [0.4, 0.5) is 0 Å². The van der Waals surface area contributed by atoms with Gasteiger partial charge in [-0.15, -0.1) is 6.58 Å². The lowest BCUT2D eigenvalue weighted by Crippen LogP contribution is -2.15. The van der Waals surface area contributed by atoms with Crippen LogP contribution in [-0.2, 0) is 18.9 Å². The van der Waals surface area contributed by atoms with Gasteiger partial charge in [-0.3, -0.25) is 0 Å². The van der Waals surface area contributed by atoms with Crippen LogP contribution in [0.2, 0.25) is 0 Å². The molecule has 2 unspecified atom stereocenters. The van der Waals surface area contributed by atoms with Gasteiger partial charge in [0, 0.05) is 0 Å². The molecule has 0 bridgehead atoms. The molecule has 0 amide bonds. The Balaban J connectivity index is 0.000000270. The molecule has 3 aliphatic rings. The fourth-order valence-corrected chi connectivity index (χ4v) is 0.601. The van der Waals surface area contributed by atoms with E-state index in [0.717, 1.165) is 33.0 Å². The third-order valence-corrected chi connectivity index (χ3v) is 2.07. The van der Waals surface area contributed by atoms with Crippen LogP contribution in [0.3, 0.4) is 0 Å². The Hall–Kier alpha value is -0.540. The van der Waals surface area contributed by atoms with Crippen molar-refractivity contribution in [3.63, 3.8) is 0 Å². The van der Waals surface area contributed by atoms with Crippen molar-refractivity contribution >= 4 is 0 Å². The summed E-state index contributed by atoms with van der Waals surface area (Å²) in [6.07, 6.45) is 1.75. The molecule has 126 valence electrons. The van der Waals surface area contributed by atoms with Crippen LogP contribution >= 0.6 is 0 Å². The molecule has 3 aliphatic heterocycles. The largest absolute Gasteiger partial charge is 0.394 e. The first-order chi connectivity index (χ1) is 10.1. The summed E-state index contributed by atoms with van der Waals surface area (Å²) in [4.78, 5) is 0. The summed E-state index contributed by atoms with van der Waals surface area (Å²) < 4.78 is 19.2. The van der Waals surface area contributed by atoms with Crippen molar-refractivity contribution < 1.29 is 34.3 Å². The molecule has 0 aliphatic carbocycles. The van der Waals surface area contributed by atoms with Crippen molar-refractivity contribution in [2.75, 3.05) is 52.9 Å². The van der Waals surface area contributed by atoms with Gasteiger partial charge < -0.3 is 34.3 Å². The number of aliphatic hydroxyl groups is 3. The molecule has 7 heteroatoms. The van der Waals surface area contributed by atoms with Crippen LogP contribution in [0.25, 0.3) is 0 Å². The Morgan fingerprint density at radius 1 is 1.24 bits per heavy atom. The molecule has 3 fully saturated rings. The Bertz CT molecular complexity index is 221. The molecule has 0 spiro atoms. The minimum absolute atomic E-state index is 0.365. The monoisotopic (exact) mass is 308 g/mol. The van der Waals surface area contributed by atoms with Gasteiger partial charge in [0.2, 0.25) is 0 Å². The normalized spacial score (nSPS) is 23.5. The van der Waals surface area contributed by atoms with E-state index in [1.54, 1.807) is 6.08 Å². The maximum Gasteiger partial charge on any atom is 0.104 e. The van der Waals surface area contributed by atoms with Gasteiger partial charge in [-0.05, 0) is 6.92 Å². The molecule has 0 aromatic carbocycles. The third-order valence-electron chi connectivity index (χ3n) is 2.07. The van der Waals surface area contributed by atoms with Crippen LogP contribution in [-0.4, -0.2) is 86.5 Å². The molecule has 3 N–H and O–H groups in total. The zero-order valence-corrected chi connectivity index (χ0v) is 12.6. The topological polar surface area (TPSA) is 108 Å². The summed E-state index contributed by atoms with van der Waals surface area (Å²) >= 11 is 0. The highest BCUT2D eigenvalue weighted by Crippen LogP contribution is 2.07. The van der Waals surface area contributed by atoms with Gasteiger partial charge in [-0.25, -0.2) is 0 Å². The van der Waals surface area contributed by atoms with Gasteiger partial charge in [0.15, 0.2) is 0 Å². The second-order valence-electron chi connectivity index (χ2n) is 4.56. The third kappa shape index (κ3) is 24.8.